The number of hydrogen-bond donors (Lipinski definition) is 0. The highest BCUT2D eigenvalue weighted by atomic mass is 35.5. The summed E-state index contributed by atoms with van der Waals surface area (Å²) >= 11 is 5.98. The van der Waals surface area contributed by atoms with E-state index in [4.69, 9.17) is 11.6 Å². The van der Waals surface area contributed by atoms with Crippen molar-refractivity contribution in [1.29, 1.82) is 0 Å². The minimum atomic E-state index is -4.68. The Kier molecular flexibility index (Phi) is 6.70. The first-order valence-corrected chi connectivity index (χ1v) is 12.4. The van der Waals surface area contributed by atoms with Crippen molar-refractivity contribution in [3.05, 3.63) is 75.2 Å². The van der Waals surface area contributed by atoms with Gasteiger partial charge in [-0.2, -0.15) is 13.2 Å². The number of aromatic nitrogens is 3. The Morgan fingerprint density at radius 1 is 1.05 bits per heavy atom. The second-order valence-corrected chi connectivity index (χ2v) is 9.87. The van der Waals surface area contributed by atoms with E-state index in [1.165, 1.54) is 27.7 Å². The second kappa shape index (κ2) is 9.81. The molecule has 0 N–H and O–H groups in total. The van der Waals surface area contributed by atoms with Gasteiger partial charge in [-0.3, -0.25) is 14.2 Å². The van der Waals surface area contributed by atoms with Gasteiger partial charge in [-0.15, -0.1) is 5.10 Å². The number of carbonyl (C=O) groups is 2. The lowest BCUT2D eigenvalue weighted by molar-refractivity contribution is -0.141. The summed E-state index contributed by atoms with van der Waals surface area (Å²) in [4.78, 5) is 40.9. The van der Waals surface area contributed by atoms with E-state index in [1.807, 2.05) is 0 Å². The van der Waals surface area contributed by atoms with E-state index in [0.29, 0.717) is 29.5 Å². The van der Waals surface area contributed by atoms with Crippen LogP contribution in [0.25, 0.3) is 11.4 Å². The number of halogens is 4. The zero-order valence-electron chi connectivity index (χ0n) is 19.7. The summed E-state index contributed by atoms with van der Waals surface area (Å²) in [5.74, 6) is -1.98. The lowest BCUT2D eigenvalue weighted by atomic mass is 9.87. The van der Waals surface area contributed by atoms with E-state index >= 15 is 0 Å². The van der Waals surface area contributed by atoms with Gasteiger partial charge < -0.3 is 4.90 Å². The predicted molar refractivity (Wildman–Crippen MR) is 130 cm³/mol. The molecule has 1 saturated carbocycles. The number of alkyl halides is 3. The molecule has 0 spiro atoms. The van der Waals surface area contributed by atoms with Gasteiger partial charge in [-0.25, -0.2) is 9.48 Å². The molecule has 1 atom stereocenters. The van der Waals surface area contributed by atoms with Crippen molar-refractivity contribution in [2.45, 2.75) is 50.4 Å². The monoisotopic (exact) mass is 532 g/mol. The van der Waals surface area contributed by atoms with Crippen LogP contribution in [0.2, 0.25) is 5.02 Å². The van der Waals surface area contributed by atoms with Gasteiger partial charge in [0.15, 0.2) is 11.6 Å². The number of benzene rings is 2. The van der Waals surface area contributed by atoms with Crippen molar-refractivity contribution >= 4 is 23.3 Å². The molecule has 1 aromatic heterocycles. The van der Waals surface area contributed by atoms with E-state index in [0.717, 1.165) is 30.0 Å². The van der Waals surface area contributed by atoms with E-state index in [-0.39, 0.29) is 11.6 Å². The van der Waals surface area contributed by atoms with Crippen LogP contribution in [0.15, 0.2) is 53.3 Å². The molecule has 11 heteroatoms. The molecule has 1 unspecified atom stereocenters. The van der Waals surface area contributed by atoms with Gasteiger partial charge in [0.05, 0.1) is 11.5 Å². The average molecular weight is 533 g/mol. The fourth-order valence-electron chi connectivity index (χ4n) is 4.59. The van der Waals surface area contributed by atoms with Crippen LogP contribution in [0.1, 0.15) is 48.8 Å². The lowest BCUT2D eigenvalue weighted by Gasteiger charge is -2.34. The van der Waals surface area contributed by atoms with Crippen molar-refractivity contribution in [2.75, 3.05) is 13.1 Å². The minimum Gasteiger partial charge on any atom is -0.342 e. The maximum atomic E-state index is 13.7. The summed E-state index contributed by atoms with van der Waals surface area (Å²) in [6, 6.07) is 11.6. The molecular formula is C26H24ClF3N4O3. The second-order valence-electron chi connectivity index (χ2n) is 9.43. The Hall–Kier alpha value is -3.40. The highest BCUT2D eigenvalue weighted by molar-refractivity contribution is 6.30. The zero-order valence-corrected chi connectivity index (χ0v) is 20.5. The maximum absolute atomic E-state index is 13.7. The third-order valence-corrected chi connectivity index (χ3v) is 7.00. The summed E-state index contributed by atoms with van der Waals surface area (Å²) in [5, 5.41) is 4.91. The average Bonchev–Trinajstić information content (AvgIpc) is 3.60. The van der Waals surface area contributed by atoms with E-state index in [9.17, 15) is 27.6 Å². The number of nitrogens with zero attached hydrogens (tertiary/aromatic N) is 4. The molecule has 194 valence electrons. The summed E-state index contributed by atoms with van der Waals surface area (Å²) in [6.45, 7) is 0.429. The number of carbonyl (C=O) groups excluding carboxylic acids is 2. The van der Waals surface area contributed by atoms with Crippen LogP contribution in [0.5, 0.6) is 0 Å². The highest BCUT2D eigenvalue weighted by Gasteiger charge is 2.39. The Bertz CT molecular complexity index is 1390. The topological polar surface area (TPSA) is 77.2 Å². The van der Waals surface area contributed by atoms with E-state index in [2.05, 4.69) is 5.10 Å². The lowest BCUT2D eigenvalue weighted by Crippen LogP contribution is -2.45. The van der Waals surface area contributed by atoms with Gasteiger partial charge >= 0.3 is 11.9 Å². The molecule has 1 aliphatic carbocycles. The van der Waals surface area contributed by atoms with Gasteiger partial charge in [0.1, 0.15) is 6.54 Å². The number of amides is 1. The molecule has 2 aromatic carbocycles. The van der Waals surface area contributed by atoms with Crippen LogP contribution in [0.3, 0.4) is 0 Å². The van der Waals surface area contributed by atoms with Gasteiger partial charge in [0.25, 0.3) is 0 Å². The first kappa shape index (κ1) is 25.3. The Morgan fingerprint density at radius 2 is 1.73 bits per heavy atom. The highest BCUT2D eigenvalue weighted by Crippen LogP contribution is 2.38. The molecule has 0 bridgehead atoms. The van der Waals surface area contributed by atoms with Gasteiger partial charge in [0.2, 0.25) is 5.91 Å². The molecule has 2 heterocycles. The fraction of sp³-hybridized carbons (Fsp3) is 0.385. The van der Waals surface area contributed by atoms with Crippen molar-refractivity contribution in [2.24, 2.45) is 0 Å². The standard InChI is InChI=1S/C26H24ClF3N4O3/c27-17-8-6-16(7-9-17)23-31-33(25(37)34(23)18-10-11-18)15-19(35)14-21(24(36)32-12-3-13-32)20-4-1-2-5-22(20)26(28,29)30/h1-2,4-9,18,21H,3,10-15H2. The smallest absolute Gasteiger partial charge is 0.342 e. The Balaban J connectivity index is 1.44. The molecule has 0 radical (unpaired) electrons. The molecule has 1 saturated heterocycles. The number of rotatable bonds is 8. The molecular weight excluding hydrogens is 509 g/mol. The molecule has 7 nitrogen and oxygen atoms in total. The van der Waals surface area contributed by atoms with Crippen LogP contribution < -0.4 is 5.69 Å². The SMILES string of the molecule is O=C(CC(C(=O)N1CCC1)c1ccccc1C(F)(F)F)Cn1nc(-c2ccc(Cl)cc2)n(C2CC2)c1=O. The molecule has 1 amide bonds. The number of ketones is 1. The van der Waals surface area contributed by atoms with E-state index < -0.39 is 48.0 Å². The largest absolute Gasteiger partial charge is 0.416 e. The normalized spacial score (nSPS) is 16.4. The molecule has 2 aliphatic rings. The summed E-state index contributed by atoms with van der Waals surface area (Å²) in [6.07, 6.45) is -2.78. The minimum absolute atomic E-state index is 0.0264. The Morgan fingerprint density at radius 3 is 2.32 bits per heavy atom. The zero-order chi connectivity index (χ0) is 26.3. The van der Waals surface area contributed by atoms with Crippen molar-refractivity contribution in [3.63, 3.8) is 0 Å². The number of Topliss-reactive ketones (excluding diaryl/α,β-unsaturated/α-hetero) is 1. The molecule has 37 heavy (non-hydrogen) atoms. The first-order chi connectivity index (χ1) is 17.6. The van der Waals surface area contributed by atoms with Crippen LogP contribution in [0.4, 0.5) is 13.2 Å². The predicted octanol–water partition coefficient (Wildman–Crippen LogP) is 4.69. The van der Waals surface area contributed by atoms with Crippen molar-refractivity contribution < 1.29 is 22.8 Å². The molecule has 3 aromatic rings. The van der Waals surface area contributed by atoms with Crippen LogP contribution >= 0.6 is 11.6 Å². The summed E-state index contributed by atoms with van der Waals surface area (Å²) in [5.41, 5.74) is -0.994. The van der Waals surface area contributed by atoms with Crippen molar-refractivity contribution in [3.8, 4) is 11.4 Å². The van der Waals surface area contributed by atoms with Crippen LogP contribution in [-0.4, -0.2) is 44.0 Å². The molecule has 1 aliphatic heterocycles. The first-order valence-electron chi connectivity index (χ1n) is 12.1. The maximum Gasteiger partial charge on any atom is 0.416 e. The summed E-state index contributed by atoms with van der Waals surface area (Å²) < 4.78 is 43.8. The van der Waals surface area contributed by atoms with Gasteiger partial charge in [-0.1, -0.05) is 29.8 Å². The number of hydrogen-bond acceptors (Lipinski definition) is 4. The molecule has 2 fully saturated rings. The van der Waals surface area contributed by atoms with Crippen LogP contribution in [0, 0.1) is 0 Å². The fourth-order valence-corrected chi connectivity index (χ4v) is 4.71. The number of likely N-dealkylation sites (tertiary alicyclic amines) is 1. The summed E-state index contributed by atoms with van der Waals surface area (Å²) in [7, 11) is 0. The Labute approximate surface area is 215 Å². The quantitative estimate of drug-likeness (QED) is 0.421. The molecule has 5 rings (SSSR count). The van der Waals surface area contributed by atoms with Gasteiger partial charge in [-0.05, 0) is 55.2 Å². The van der Waals surface area contributed by atoms with Crippen LogP contribution in [-0.2, 0) is 22.3 Å². The third-order valence-electron chi connectivity index (χ3n) is 6.75. The third kappa shape index (κ3) is 5.20. The van der Waals surface area contributed by atoms with Gasteiger partial charge in [0, 0.05) is 36.1 Å². The van der Waals surface area contributed by atoms with E-state index in [1.54, 1.807) is 24.3 Å². The van der Waals surface area contributed by atoms with Crippen molar-refractivity contribution in [1.82, 2.24) is 19.2 Å².